The molecule has 0 aliphatic heterocycles. The molecule has 0 atom stereocenters. The molecule has 0 spiro atoms. The lowest BCUT2D eigenvalue weighted by Crippen LogP contribution is -2.01. The standard InChI is InChI=1S/C11H12BrN3/c1-8-3-2-4-9(11(8)12)6-15-7-10(13)5-14-15/h2-5,7H,6,13H2,1H3. The molecule has 0 saturated carbocycles. The number of benzene rings is 1. The molecule has 1 aromatic carbocycles. The zero-order valence-electron chi connectivity index (χ0n) is 8.44. The molecule has 0 amide bonds. The van der Waals surface area contributed by atoms with E-state index >= 15 is 0 Å². The molecule has 78 valence electrons. The zero-order chi connectivity index (χ0) is 10.8. The summed E-state index contributed by atoms with van der Waals surface area (Å²) in [6.45, 7) is 2.81. The van der Waals surface area contributed by atoms with Crippen LogP contribution in [0.15, 0.2) is 35.1 Å². The number of hydrogen-bond acceptors (Lipinski definition) is 2. The smallest absolute Gasteiger partial charge is 0.0719 e. The highest BCUT2D eigenvalue weighted by molar-refractivity contribution is 9.10. The summed E-state index contributed by atoms with van der Waals surface area (Å²) in [7, 11) is 0. The molecular formula is C11H12BrN3. The van der Waals surface area contributed by atoms with Crippen molar-refractivity contribution in [2.45, 2.75) is 13.5 Å². The van der Waals surface area contributed by atoms with Crippen molar-refractivity contribution in [2.75, 3.05) is 5.73 Å². The average Bonchev–Trinajstić information content (AvgIpc) is 2.59. The zero-order valence-corrected chi connectivity index (χ0v) is 10.0. The molecule has 0 fully saturated rings. The predicted molar refractivity (Wildman–Crippen MR) is 64.6 cm³/mol. The van der Waals surface area contributed by atoms with Crippen molar-refractivity contribution < 1.29 is 0 Å². The first-order valence-electron chi connectivity index (χ1n) is 4.69. The van der Waals surface area contributed by atoms with Crippen LogP contribution in [-0.2, 0) is 6.54 Å². The second-order valence-electron chi connectivity index (χ2n) is 3.52. The molecule has 2 N–H and O–H groups in total. The first-order valence-corrected chi connectivity index (χ1v) is 5.48. The summed E-state index contributed by atoms with van der Waals surface area (Å²) in [4.78, 5) is 0. The number of nitrogens with two attached hydrogens (primary N) is 1. The monoisotopic (exact) mass is 265 g/mol. The van der Waals surface area contributed by atoms with Gasteiger partial charge in [-0.3, -0.25) is 4.68 Å². The molecule has 0 unspecified atom stereocenters. The van der Waals surface area contributed by atoms with E-state index in [4.69, 9.17) is 5.73 Å². The summed E-state index contributed by atoms with van der Waals surface area (Å²) < 4.78 is 2.97. The van der Waals surface area contributed by atoms with Gasteiger partial charge in [0, 0.05) is 10.7 Å². The minimum absolute atomic E-state index is 0.693. The van der Waals surface area contributed by atoms with Gasteiger partial charge in [0.05, 0.1) is 18.4 Å². The molecule has 0 aliphatic carbocycles. The van der Waals surface area contributed by atoms with E-state index in [1.807, 2.05) is 16.9 Å². The molecule has 0 bridgehead atoms. The summed E-state index contributed by atoms with van der Waals surface area (Å²) >= 11 is 3.57. The van der Waals surface area contributed by atoms with Gasteiger partial charge in [0.2, 0.25) is 0 Å². The van der Waals surface area contributed by atoms with Crippen molar-refractivity contribution in [2.24, 2.45) is 0 Å². The number of rotatable bonds is 2. The van der Waals surface area contributed by atoms with Crippen LogP contribution in [0.5, 0.6) is 0 Å². The Morgan fingerprint density at radius 2 is 2.27 bits per heavy atom. The van der Waals surface area contributed by atoms with Crippen molar-refractivity contribution in [3.63, 3.8) is 0 Å². The number of anilines is 1. The van der Waals surface area contributed by atoms with Gasteiger partial charge in [-0.15, -0.1) is 0 Å². The van der Waals surface area contributed by atoms with Gasteiger partial charge < -0.3 is 5.73 Å². The Morgan fingerprint density at radius 3 is 2.93 bits per heavy atom. The molecule has 0 radical (unpaired) electrons. The van der Waals surface area contributed by atoms with Crippen molar-refractivity contribution in [1.29, 1.82) is 0 Å². The lowest BCUT2D eigenvalue weighted by Gasteiger charge is -2.06. The molecule has 4 heteroatoms. The summed E-state index contributed by atoms with van der Waals surface area (Å²) in [5.74, 6) is 0. The molecular weight excluding hydrogens is 254 g/mol. The fraction of sp³-hybridized carbons (Fsp3) is 0.182. The number of nitrogen functional groups attached to an aromatic ring is 1. The van der Waals surface area contributed by atoms with Gasteiger partial charge in [-0.1, -0.05) is 34.1 Å². The van der Waals surface area contributed by atoms with E-state index in [9.17, 15) is 0 Å². The van der Waals surface area contributed by atoms with Crippen LogP contribution in [0.4, 0.5) is 5.69 Å². The van der Waals surface area contributed by atoms with Crippen molar-refractivity contribution in [1.82, 2.24) is 9.78 Å². The Labute approximate surface area is 97.0 Å². The Morgan fingerprint density at radius 1 is 1.47 bits per heavy atom. The minimum atomic E-state index is 0.693. The van der Waals surface area contributed by atoms with Crippen LogP contribution < -0.4 is 5.73 Å². The minimum Gasteiger partial charge on any atom is -0.396 e. The van der Waals surface area contributed by atoms with Crippen LogP contribution >= 0.6 is 15.9 Å². The second kappa shape index (κ2) is 4.06. The molecule has 3 nitrogen and oxygen atoms in total. The van der Waals surface area contributed by atoms with E-state index in [0.29, 0.717) is 5.69 Å². The lowest BCUT2D eigenvalue weighted by atomic mass is 10.1. The molecule has 1 aromatic heterocycles. The van der Waals surface area contributed by atoms with Crippen molar-refractivity contribution >= 4 is 21.6 Å². The summed E-state index contributed by atoms with van der Waals surface area (Å²) in [5.41, 5.74) is 8.73. The Hall–Kier alpha value is -1.29. The maximum atomic E-state index is 5.61. The molecule has 0 saturated heterocycles. The molecule has 15 heavy (non-hydrogen) atoms. The van der Waals surface area contributed by atoms with Gasteiger partial charge in [-0.25, -0.2) is 0 Å². The number of aromatic nitrogens is 2. The highest BCUT2D eigenvalue weighted by atomic mass is 79.9. The molecule has 1 heterocycles. The van der Waals surface area contributed by atoms with Crippen LogP contribution in [0.25, 0.3) is 0 Å². The van der Waals surface area contributed by atoms with Crippen LogP contribution in [-0.4, -0.2) is 9.78 Å². The topological polar surface area (TPSA) is 43.8 Å². The van der Waals surface area contributed by atoms with E-state index in [1.54, 1.807) is 6.20 Å². The molecule has 2 aromatic rings. The fourth-order valence-corrected chi connectivity index (χ4v) is 1.86. The van der Waals surface area contributed by atoms with E-state index in [1.165, 1.54) is 11.1 Å². The molecule has 2 rings (SSSR count). The Bertz CT molecular complexity index is 476. The summed E-state index contributed by atoms with van der Waals surface area (Å²) in [5, 5.41) is 4.15. The number of hydrogen-bond donors (Lipinski definition) is 1. The van der Waals surface area contributed by atoms with Crippen LogP contribution in [0.3, 0.4) is 0 Å². The Balaban J connectivity index is 2.28. The first kappa shape index (κ1) is 10.2. The quantitative estimate of drug-likeness (QED) is 0.907. The second-order valence-corrected chi connectivity index (χ2v) is 4.31. The maximum Gasteiger partial charge on any atom is 0.0719 e. The normalized spacial score (nSPS) is 10.5. The van der Waals surface area contributed by atoms with Gasteiger partial charge in [0.1, 0.15) is 0 Å². The van der Waals surface area contributed by atoms with Crippen molar-refractivity contribution in [3.8, 4) is 0 Å². The SMILES string of the molecule is Cc1cccc(Cn2cc(N)cn2)c1Br. The Kier molecular flexibility index (Phi) is 2.77. The van der Waals surface area contributed by atoms with Gasteiger partial charge in [0.25, 0.3) is 0 Å². The van der Waals surface area contributed by atoms with Gasteiger partial charge in [-0.2, -0.15) is 5.10 Å². The highest BCUT2D eigenvalue weighted by Crippen LogP contribution is 2.21. The largest absolute Gasteiger partial charge is 0.396 e. The van der Waals surface area contributed by atoms with E-state index in [-0.39, 0.29) is 0 Å². The number of nitrogens with zero attached hydrogens (tertiary/aromatic N) is 2. The van der Waals surface area contributed by atoms with Crippen LogP contribution in [0, 0.1) is 6.92 Å². The van der Waals surface area contributed by atoms with E-state index in [2.05, 4.69) is 40.1 Å². The third-order valence-electron chi connectivity index (χ3n) is 2.26. The fourth-order valence-electron chi connectivity index (χ4n) is 1.47. The number of aryl methyl sites for hydroxylation is 1. The van der Waals surface area contributed by atoms with Crippen LogP contribution in [0.1, 0.15) is 11.1 Å². The summed E-state index contributed by atoms with van der Waals surface area (Å²) in [6, 6.07) is 6.20. The average molecular weight is 266 g/mol. The van der Waals surface area contributed by atoms with Gasteiger partial charge in [-0.05, 0) is 18.1 Å². The third-order valence-corrected chi connectivity index (χ3v) is 3.39. The van der Waals surface area contributed by atoms with Crippen molar-refractivity contribution in [3.05, 3.63) is 46.2 Å². The predicted octanol–water partition coefficient (Wildman–Crippen LogP) is 2.58. The third kappa shape index (κ3) is 2.21. The maximum absolute atomic E-state index is 5.61. The van der Waals surface area contributed by atoms with Gasteiger partial charge >= 0.3 is 0 Å². The lowest BCUT2D eigenvalue weighted by molar-refractivity contribution is 0.684. The molecule has 0 aliphatic rings. The highest BCUT2D eigenvalue weighted by Gasteiger charge is 2.03. The summed E-state index contributed by atoms with van der Waals surface area (Å²) in [6.07, 6.45) is 3.48. The van der Waals surface area contributed by atoms with E-state index < -0.39 is 0 Å². The van der Waals surface area contributed by atoms with Gasteiger partial charge in [0.15, 0.2) is 0 Å². The van der Waals surface area contributed by atoms with E-state index in [0.717, 1.165) is 11.0 Å². The first-order chi connectivity index (χ1) is 7.16. The number of halogens is 1. The van der Waals surface area contributed by atoms with Crippen LogP contribution in [0.2, 0.25) is 0 Å².